The molecule has 3 aromatic rings. The Labute approximate surface area is 163 Å². The molecule has 1 aromatic heterocycles. The van der Waals surface area contributed by atoms with Crippen molar-refractivity contribution in [2.24, 2.45) is 0 Å². The number of benzene rings is 2. The Hall–Kier alpha value is -3.02. The first kappa shape index (κ1) is 18.3. The van der Waals surface area contributed by atoms with Crippen LogP contribution in [0.1, 0.15) is 43.1 Å². The second-order valence-corrected chi connectivity index (χ2v) is 7.14. The van der Waals surface area contributed by atoms with E-state index in [1.165, 1.54) is 17.7 Å². The maximum Gasteiger partial charge on any atom is 0.223 e. The van der Waals surface area contributed by atoms with Crippen LogP contribution in [0.15, 0.2) is 54.6 Å². The number of nitrogens with one attached hydrogen (secondary N) is 1. The summed E-state index contributed by atoms with van der Waals surface area (Å²) in [7, 11) is 0. The molecule has 6 heteroatoms. The number of hydrogen-bond donors (Lipinski definition) is 1. The number of halogens is 1. The molecular weight excluding hydrogens is 355 g/mol. The zero-order valence-electron chi connectivity index (χ0n) is 15.6. The molecule has 0 saturated carbocycles. The third-order valence-corrected chi connectivity index (χ3v) is 5.19. The molecule has 0 aliphatic carbocycles. The number of H-pyrrole nitrogens is 1. The average Bonchev–Trinajstić information content (AvgIpc) is 3.39. The Balaban J connectivity index is 1.39. The number of rotatable bonds is 6. The topological polar surface area (TPSA) is 61.9 Å². The molecule has 0 spiro atoms. The highest BCUT2D eigenvalue weighted by atomic mass is 19.1. The SMILES string of the molecule is O=C(CCCc1ccccc1)N1CCCC1c1nc(-c2ccc(F)cc2)n[nH]1. The molecule has 0 radical (unpaired) electrons. The summed E-state index contributed by atoms with van der Waals surface area (Å²) in [5.41, 5.74) is 2.01. The molecule has 1 aliphatic heterocycles. The van der Waals surface area contributed by atoms with Crippen LogP contribution < -0.4 is 0 Å². The Bertz CT molecular complexity index is 923. The van der Waals surface area contributed by atoms with Crippen molar-refractivity contribution in [1.29, 1.82) is 0 Å². The van der Waals surface area contributed by atoms with Gasteiger partial charge in [-0.1, -0.05) is 30.3 Å². The number of hydrogen-bond acceptors (Lipinski definition) is 3. The number of aryl methyl sites for hydroxylation is 1. The fourth-order valence-electron chi connectivity index (χ4n) is 3.73. The van der Waals surface area contributed by atoms with E-state index in [1.54, 1.807) is 12.1 Å². The van der Waals surface area contributed by atoms with E-state index in [0.717, 1.165) is 37.8 Å². The third-order valence-electron chi connectivity index (χ3n) is 5.19. The minimum Gasteiger partial charge on any atom is -0.332 e. The van der Waals surface area contributed by atoms with Crippen molar-refractivity contribution in [2.45, 2.75) is 38.1 Å². The van der Waals surface area contributed by atoms with Gasteiger partial charge in [0.2, 0.25) is 5.91 Å². The van der Waals surface area contributed by atoms with E-state index in [0.29, 0.717) is 18.1 Å². The van der Waals surface area contributed by atoms with Crippen molar-refractivity contribution in [3.05, 3.63) is 71.8 Å². The van der Waals surface area contributed by atoms with Gasteiger partial charge in [0, 0.05) is 18.5 Å². The van der Waals surface area contributed by atoms with Crippen LogP contribution in [-0.2, 0) is 11.2 Å². The third kappa shape index (κ3) is 4.11. The van der Waals surface area contributed by atoms with Crippen LogP contribution in [0.2, 0.25) is 0 Å². The van der Waals surface area contributed by atoms with Crippen molar-refractivity contribution >= 4 is 5.91 Å². The molecule has 1 atom stereocenters. The lowest BCUT2D eigenvalue weighted by atomic mass is 10.1. The number of carbonyl (C=O) groups excluding carboxylic acids is 1. The van der Waals surface area contributed by atoms with Gasteiger partial charge in [-0.3, -0.25) is 9.89 Å². The van der Waals surface area contributed by atoms with Crippen molar-refractivity contribution in [2.75, 3.05) is 6.54 Å². The molecule has 144 valence electrons. The number of amides is 1. The van der Waals surface area contributed by atoms with Crippen molar-refractivity contribution in [3.8, 4) is 11.4 Å². The lowest BCUT2D eigenvalue weighted by Gasteiger charge is -2.23. The van der Waals surface area contributed by atoms with Gasteiger partial charge in [-0.2, -0.15) is 5.10 Å². The van der Waals surface area contributed by atoms with Gasteiger partial charge in [0.15, 0.2) is 5.82 Å². The van der Waals surface area contributed by atoms with Crippen molar-refractivity contribution < 1.29 is 9.18 Å². The average molecular weight is 378 g/mol. The molecule has 1 amide bonds. The molecule has 5 nitrogen and oxygen atoms in total. The van der Waals surface area contributed by atoms with Gasteiger partial charge in [0.05, 0.1) is 6.04 Å². The Morgan fingerprint density at radius 1 is 1.14 bits per heavy atom. The quantitative estimate of drug-likeness (QED) is 0.696. The van der Waals surface area contributed by atoms with E-state index < -0.39 is 0 Å². The van der Waals surface area contributed by atoms with Crippen LogP contribution in [-0.4, -0.2) is 32.5 Å². The molecule has 4 rings (SSSR count). The summed E-state index contributed by atoms with van der Waals surface area (Å²) in [4.78, 5) is 19.2. The van der Waals surface area contributed by atoms with Gasteiger partial charge in [0.1, 0.15) is 11.6 Å². The summed E-state index contributed by atoms with van der Waals surface area (Å²) in [6.07, 6.45) is 4.11. The lowest BCUT2D eigenvalue weighted by Crippen LogP contribution is -2.31. The van der Waals surface area contributed by atoms with Crippen LogP contribution >= 0.6 is 0 Å². The summed E-state index contributed by atoms with van der Waals surface area (Å²) < 4.78 is 13.1. The predicted octanol–water partition coefficient (Wildman–Crippen LogP) is 4.30. The van der Waals surface area contributed by atoms with Gasteiger partial charge in [-0.15, -0.1) is 0 Å². The van der Waals surface area contributed by atoms with Crippen LogP contribution in [0.5, 0.6) is 0 Å². The largest absolute Gasteiger partial charge is 0.332 e. The monoisotopic (exact) mass is 378 g/mol. The molecule has 1 unspecified atom stereocenters. The summed E-state index contributed by atoms with van der Waals surface area (Å²) in [6, 6.07) is 16.3. The number of aromatic amines is 1. The normalized spacial score (nSPS) is 16.5. The molecule has 1 N–H and O–H groups in total. The van der Waals surface area contributed by atoms with Gasteiger partial charge < -0.3 is 4.90 Å². The van der Waals surface area contributed by atoms with Gasteiger partial charge in [-0.05, 0) is 55.5 Å². The number of carbonyl (C=O) groups is 1. The van der Waals surface area contributed by atoms with Crippen LogP contribution in [0, 0.1) is 5.82 Å². The zero-order chi connectivity index (χ0) is 19.3. The molecule has 1 saturated heterocycles. The van der Waals surface area contributed by atoms with E-state index in [9.17, 15) is 9.18 Å². The maximum absolute atomic E-state index is 13.1. The highest BCUT2D eigenvalue weighted by Crippen LogP contribution is 2.31. The van der Waals surface area contributed by atoms with Crippen molar-refractivity contribution in [3.63, 3.8) is 0 Å². The second-order valence-electron chi connectivity index (χ2n) is 7.14. The number of likely N-dealkylation sites (tertiary alicyclic amines) is 1. The molecule has 1 aliphatic rings. The van der Waals surface area contributed by atoms with Gasteiger partial charge in [0.25, 0.3) is 0 Å². The smallest absolute Gasteiger partial charge is 0.223 e. The van der Waals surface area contributed by atoms with Gasteiger partial charge >= 0.3 is 0 Å². The van der Waals surface area contributed by atoms with E-state index >= 15 is 0 Å². The molecule has 2 aromatic carbocycles. The zero-order valence-corrected chi connectivity index (χ0v) is 15.6. The molecule has 1 fully saturated rings. The second kappa shape index (κ2) is 8.33. The minimum atomic E-state index is -0.289. The highest BCUT2D eigenvalue weighted by molar-refractivity contribution is 5.77. The van der Waals surface area contributed by atoms with Gasteiger partial charge in [-0.25, -0.2) is 9.37 Å². The Morgan fingerprint density at radius 2 is 1.93 bits per heavy atom. The maximum atomic E-state index is 13.1. The molecule has 0 bridgehead atoms. The predicted molar refractivity (Wildman–Crippen MR) is 105 cm³/mol. The van der Waals surface area contributed by atoms with E-state index in [-0.39, 0.29) is 17.8 Å². The molecular formula is C22H23FN4O. The van der Waals surface area contributed by atoms with Crippen LogP contribution in [0.3, 0.4) is 0 Å². The van der Waals surface area contributed by atoms with E-state index in [4.69, 9.17) is 0 Å². The minimum absolute atomic E-state index is 0.0640. The van der Waals surface area contributed by atoms with Crippen LogP contribution in [0.4, 0.5) is 4.39 Å². The van der Waals surface area contributed by atoms with Crippen LogP contribution in [0.25, 0.3) is 11.4 Å². The van der Waals surface area contributed by atoms with E-state index in [1.807, 2.05) is 23.1 Å². The Kier molecular flexibility index (Phi) is 5.46. The fourth-order valence-corrected chi connectivity index (χ4v) is 3.73. The summed E-state index contributed by atoms with van der Waals surface area (Å²) >= 11 is 0. The number of nitrogens with zero attached hydrogens (tertiary/aromatic N) is 3. The first-order valence-electron chi connectivity index (χ1n) is 9.72. The van der Waals surface area contributed by atoms with E-state index in [2.05, 4.69) is 27.3 Å². The highest BCUT2D eigenvalue weighted by Gasteiger charge is 2.32. The summed E-state index contributed by atoms with van der Waals surface area (Å²) in [5.74, 6) is 1.10. The van der Waals surface area contributed by atoms with Crippen molar-refractivity contribution in [1.82, 2.24) is 20.1 Å². The summed E-state index contributed by atoms with van der Waals surface area (Å²) in [6.45, 7) is 0.751. The molecule has 2 heterocycles. The number of aromatic nitrogens is 3. The first-order valence-corrected chi connectivity index (χ1v) is 9.72. The standard InChI is InChI=1S/C22H23FN4O/c23-18-13-11-17(12-14-18)21-24-22(26-25-21)19-9-5-15-27(19)20(28)10-4-8-16-6-2-1-3-7-16/h1-3,6-7,11-14,19H,4-5,8-10,15H2,(H,24,25,26). The lowest BCUT2D eigenvalue weighted by molar-refractivity contribution is -0.132. The fraction of sp³-hybridized carbons (Fsp3) is 0.318. The first-order chi connectivity index (χ1) is 13.7. The Morgan fingerprint density at radius 3 is 2.71 bits per heavy atom. The molecule has 28 heavy (non-hydrogen) atoms. The summed E-state index contributed by atoms with van der Waals surface area (Å²) in [5, 5.41) is 7.24.